The first kappa shape index (κ1) is 12.5. The van der Waals surface area contributed by atoms with Gasteiger partial charge in [0.15, 0.2) is 17.0 Å². The van der Waals surface area contributed by atoms with E-state index in [1.807, 2.05) is 25.1 Å². The van der Waals surface area contributed by atoms with E-state index in [-0.39, 0.29) is 0 Å². The first-order chi connectivity index (χ1) is 9.85. The number of hydrogen-bond donors (Lipinski definition) is 0. The molecule has 6 nitrogen and oxygen atoms in total. The molecule has 3 rings (SSSR count). The van der Waals surface area contributed by atoms with Gasteiger partial charge in [0.05, 0.1) is 0 Å². The molecule has 3 aromatic rings. The number of para-hydroxylation sites is 1. The Morgan fingerprint density at radius 1 is 1.10 bits per heavy atom. The molecule has 1 aromatic carbocycles. The van der Waals surface area contributed by atoms with E-state index in [2.05, 4.69) is 44.2 Å². The summed E-state index contributed by atoms with van der Waals surface area (Å²) in [5, 5.41) is 8.35. The van der Waals surface area contributed by atoms with Crippen LogP contribution in [0.1, 0.15) is 13.8 Å². The quantitative estimate of drug-likeness (QED) is 0.727. The second kappa shape index (κ2) is 5.24. The van der Waals surface area contributed by atoms with Gasteiger partial charge in [0, 0.05) is 18.8 Å². The molecule has 0 aliphatic carbocycles. The minimum atomic E-state index is 0.736. The van der Waals surface area contributed by atoms with Gasteiger partial charge in [0.2, 0.25) is 0 Å². The van der Waals surface area contributed by atoms with Gasteiger partial charge in [0.25, 0.3) is 0 Å². The SMILES string of the molecule is CCN(c1ccccc1)c1ncnc2c1nnn2CC. The van der Waals surface area contributed by atoms with Crippen molar-refractivity contribution >= 4 is 22.7 Å². The summed E-state index contributed by atoms with van der Waals surface area (Å²) in [5.74, 6) is 0.795. The normalized spacial score (nSPS) is 10.9. The molecule has 0 saturated carbocycles. The zero-order valence-corrected chi connectivity index (χ0v) is 11.6. The zero-order valence-electron chi connectivity index (χ0n) is 11.6. The Labute approximate surface area is 117 Å². The summed E-state index contributed by atoms with van der Waals surface area (Å²) in [7, 11) is 0. The Morgan fingerprint density at radius 3 is 2.60 bits per heavy atom. The van der Waals surface area contributed by atoms with Crippen LogP contribution in [0.3, 0.4) is 0 Å². The van der Waals surface area contributed by atoms with Gasteiger partial charge in [-0.1, -0.05) is 23.4 Å². The van der Waals surface area contributed by atoms with Crippen LogP contribution in [0.4, 0.5) is 11.5 Å². The number of benzene rings is 1. The maximum atomic E-state index is 4.40. The highest BCUT2D eigenvalue weighted by Crippen LogP contribution is 2.27. The monoisotopic (exact) mass is 268 g/mol. The lowest BCUT2D eigenvalue weighted by Gasteiger charge is -2.21. The summed E-state index contributed by atoms with van der Waals surface area (Å²) in [6.45, 7) is 5.65. The molecule has 0 aliphatic heterocycles. The molecule has 0 atom stereocenters. The maximum Gasteiger partial charge on any atom is 0.183 e. The summed E-state index contributed by atoms with van der Waals surface area (Å²) in [4.78, 5) is 10.8. The smallest absolute Gasteiger partial charge is 0.183 e. The molecule has 2 heterocycles. The van der Waals surface area contributed by atoms with Gasteiger partial charge < -0.3 is 4.90 Å². The van der Waals surface area contributed by atoms with E-state index in [0.717, 1.165) is 35.8 Å². The molecule has 0 fully saturated rings. The van der Waals surface area contributed by atoms with Gasteiger partial charge in [-0.3, -0.25) is 0 Å². The van der Waals surface area contributed by atoms with Gasteiger partial charge in [-0.25, -0.2) is 14.6 Å². The molecular formula is C14H16N6. The van der Waals surface area contributed by atoms with Crippen molar-refractivity contribution in [2.45, 2.75) is 20.4 Å². The third-order valence-corrected chi connectivity index (χ3v) is 3.22. The van der Waals surface area contributed by atoms with Crippen molar-refractivity contribution in [1.82, 2.24) is 25.0 Å². The number of aromatic nitrogens is 5. The van der Waals surface area contributed by atoms with Gasteiger partial charge in [-0.2, -0.15) is 0 Å². The molecule has 20 heavy (non-hydrogen) atoms. The van der Waals surface area contributed by atoms with Crippen LogP contribution < -0.4 is 4.90 Å². The van der Waals surface area contributed by atoms with Crippen LogP contribution >= 0.6 is 0 Å². The van der Waals surface area contributed by atoms with Crippen molar-refractivity contribution < 1.29 is 0 Å². The fraction of sp³-hybridized carbons (Fsp3) is 0.286. The topological polar surface area (TPSA) is 59.7 Å². The molecule has 0 radical (unpaired) electrons. The Hall–Kier alpha value is -2.50. The molecule has 0 bridgehead atoms. The highest BCUT2D eigenvalue weighted by Gasteiger charge is 2.16. The minimum Gasteiger partial charge on any atom is -0.325 e. The Bertz CT molecular complexity index is 706. The van der Waals surface area contributed by atoms with Crippen molar-refractivity contribution in [1.29, 1.82) is 0 Å². The summed E-state index contributed by atoms with van der Waals surface area (Å²) >= 11 is 0. The van der Waals surface area contributed by atoms with Crippen LogP contribution in [0.5, 0.6) is 0 Å². The molecule has 0 amide bonds. The highest BCUT2D eigenvalue weighted by molar-refractivity contribution is 5.85. The van der Waals surface area contributed by atoms with E-state index in [9.17, 15) is 0 Å². The molecular weight excluding hydrogens is 252 g/mol. The predicted octanol–water partition coefficient (Wildman–Crippen LogP) is 2.40. The average molecular weight is 268 g/mol. The largest absolute Gasteiger partial charge is 0.325 e. The van der Waals surface area contributed by atoms with E-state index in [0.29, 0.717) is 0 Å². The molecule has 0 unspecified atom stereocenters. The third kappa shape index (κ3) is 1.99. The average Bonchev–Trinajstić information content (AvgIpc) is 2.93. The summed E-state index contributed by atoms with van der Waals surface area (Å²) in [6, 6.07) is 10.1. The Morgan fingerprint density at radius 2 is 1.90 bits per heavy atom. The molecule has 2 aromatic heterocycles. The first-order valence-corrected chi connectivity index (χ1v) is 6.72. The second-order valence-electron chi connectivity index (χ2n) is 4.35. The lowest BCUT2D eigenvalue weighted by Crippen LogP contribution is -2.18. The summed E-state index contributed by atoms with van der Waals surface area (Å²) in [6.07, 6.45) is 1.57. The van der Waals surface area contributed by atoms with Gasteiger partial charge in [0.1, 0.15) is 6.33 Å². The second-order valence-corrected chi connectivity index (χ2v) is 4.35. The van der Waals surface area contributed by atoms with Gasteiger partial charge in [-0.15, -0.1) is 5.10 Å². The summed E-state index contributed by atoms with van der Waals surface area (Å²) < 4.78 is 1.78. The van der Waals surface area contributed by atoms with Crippen LogP contribution in [-0.2, 0) is 6.54 Å². The van der Waals surface area contributed by atoms with E-state index >= 15 is 0 Å². The lowest BCUT2D eigenvalue weighted by molar-refractivity contribution is 0.641. The zero-order chi connectivity index (χ0) is 13.9. The van der Waals surface area contributed by atoms with Crippen LogP contribution in [0, 0.1) is 0 Å². The molecule has 0 N–H and O–H groups in total. The lowest BCUT2D eigenvalue weighted by atomic mass is 10.3. The van der Waals surface area contributed by atoms with Crippen LogP contribution in [-0.4, -0.2) is 31.5 Å². The number of rotatable bonds is 4. The van der Waals surface area contributed by atoms with E-state index in [4.69, 9.17) is 0 Å². The van der Waals surface area contributed by atoms with Crippen LogP contribution in [0.25, 0.3) is 11.2 Å². The van der Waals surface area contributed by atoms with Crippen molar-refractivity contribution in [3.8, 4) is 0 Å². The summed E-state index contributed by atoms with van der Waals surface area (Å²) in [5.41, 5.74) is 2.59. The molecule has 6 heteroatoms. The minimum absolute atomic E-state index is 0.736. The maximum absolute atomic E-state index is 4.40. The predicted molar refractivity (Wildman–Crippen MR) is 77.9 cm³/mol. The highest BCUT2D eigenvalue weighted by atomic mass is 15.4. The fourth-order valence-corrected chi connectivity index (χ4v) is 2.25. The van der Waals surface area contributed by atoms with Crippen molar-refractivity contribution in [3.63, 3.8) is 0 Å². The van der Waals surface area contributed by atoms with E-state index < -0.39 is 0 Å². The van der Waals surface area contributed by atoms with E-state index in [1.165, 1.54) is 0 Å². The third-order valence-electron chi connectivity index (χ3n) is 3.22. The molecule has 0 aliphatic rings. The Balaban J connectivity index is 2.15. The standard InChI is InChI=1S/C14H16N6/c1-3-19(11-8-6-5-7-9-11)13-12-14(16-10-15-13)20(4-2)18-17-12/h5-10H,3-4H2,1-2H3. The van der Waals surface area contributed by atoms with Crippen LogP contribution in [0.15, 0.2) is 36.7 Å². The number of aryl methyl sites for hydroxylation is 1. The number of nitrogens with zero attached hydrogens (tertiary/aromatic N) is 6. The van der Waals surface area contributed by atoms with E-state index in [1.54, 1.807) is 11.0 Å². The molecule has 0 spiro atoms. The van der Waals surface area contributed by atoms with Crippen LogP contribution in [0.2, 0.25) is 0 Å². The first-order valence-electron chi connectivity index (χ1n) is 6.72. The van der Waals surface area contributed by atoms with Gasteiger partial charge >= 0.3 is 0 Å². The fourth-order valence-electron chi connectivity index (χ4n) is 2.25. The van der Waals surface area contributed by atoms with Crippen molar-refractivity contribution in [3.05, 3.63) is 36.7 Å². The number of anilines is 2. The molecule has 0 saturated heterocycles. The van der Waals surface area contributed by atoms with Gasteiger partial charge in [-0.05, 0) is 26.0 Å². The van der Waals surface area contributed by atoms with Crippen molar-refractivity contribution in [2.24, 2.45) is 0 Å². The molecule has 102 valence electrons. The number of hydrogen-bond acceptors (Lipinski definition) is 5. The number of fused-ring (bicyclic) bond motifs is 1. The van der Waals surface area contributed by atoms with Crippen molar-refractivity contribution in [2.75, 3.05) is 11.4 Å². The Kier molecular flexibility index (Phi) is 3.28.